The van der Waals surface area contributed by atoms with E-state index in [0.717, 1.165) is 5.56 Å². The van der Waals surface area contributed by atoms with Gasteiger partial charge in [0.05, 0.1) is 4.48 Å². The molecule has 0 heterocycles. The second kappa shape index (κ2) is 8.21. The molecule has 0 atom stereocenters. The third-order valence-corrected chi connectivity index (χ3v) is 3.29. The summed E-state index contributed by atoms with van der Waals surface area (Å²) in [5.41, 5.74) is 1.83. The summed E-state index contributed by atoms with van der Waals surface area (Å²) in [4.78, 5) is 23.4. The lowest BCUT2D eigenvalue weighted by atomic mass is 10.2. The Hall–Kier alpha value is -2.73. The molecule has 2 N–H and O–H groups in total. The van der Waals surface area contributed by atoms with E-state index in [1.165, 1.54) is 30.3 Å². The molecule has 2 aromatic carbocycles. The fourth-order valence-corrected chi connectivity index (χ4v) is 1.91. The minimum absolute atomic E-state index is 0.224. The fraction of sp³-hybridized carbons (Fsp3) is 0. The lowest BCUT2D eigenvalue weighted by Gasteiger charge is -2.05. The highest BCUT2D eigenvalue weighted by molar-refractivity contribution is 9.12. The minimum atomic E-state index is -0.367. The summed E-state index contributed by atoms with van der Waals surface area (Å²) < 4.78 is 13.0. The van der Waals surface area contributed by atoms with Crippen molar-refractivity contribution in [1.29, 1.82) is 0 Å². The number of hydrogen-bond acceptors (Lipinski definition) is 2. The van der Waals surface area contributed by atoms with Crippen molar-refractivity contribution in [2.45, 2.75) is 0 Å². The molecule has 2 aromatic rings. The molecule has 4 nitrogen and oxygen atoms in total. The molecule has 122 valence electrons. The van der Waals surface area contributed by atoms with Gasteiger partial charge >= 0.3 is 0 Å². The number of anilines is 2. The zero-order chi connectivity index (χ0) is 17.5. The molecular weight excluding hydrogens is 375 g/mol. The average Bonchev–Trinajstić information content (AvgIpc) is 2.55. The topological polar surface area (TPSA) is 58.2 Å². The number of hydrogen-bond donors (Lipinski definition) is 2. The molecule has 0 unspecified atom stereocenters. The van der Waals surface area contributed by atoms with Crippen LogP contribution in [0, 0.1) is 5.82 Å². The number of amides is 2. The van der Waals surface area contributed by atoms with Gasteiger partial charge < -0.3 is 10.6 Å². The van der Waals surface area contributed by atoms with Crippen molar-refractivity contribution in [2.75, 3.05) is 10.6 Å². The molecular formula is C18H14BrFN2O2. The molecule has 0 radical (unpaired) electrons. The summed E-state index contributed by atoms with van der Waals surface area (Å²) in [6, 6.07) is 12.5. The maximum absolute atomic E-state index is 12.8. The highest BCUT2D eigenvalue weighted by Gasteiger charge is 2.04. The zero-order valence-corrected chi connectivity index (χ0v) is 14.1. The summed E-state index contributed by atoms with van der Waals surface area (Å²) in [5.74, 6) is -1.05. The van der Waals surface area contributed by atoms with Gasteiger partial charge in [-0.15, -0.1) is 0 Å². The average molecular weight is 389 g/mol. The number of carbonyl (C=O) groups excluding carboxylic acids is 2. The largest absolute Gasteiger partial charge is 0.323 e. The molecule has 0 aliphatic heterocycles. The Morgan fingerprint density at radius 2 is 1.75 bits per heavy atom. The van der Waals surface area contributed by atoms with Crippen LogP contribution in [-0.2, 0) is 9.59 Å². The summed E-state index contributed by atoms with van der Waals surface area (Å²) in [6.45, 7) is 3.49. The van der Waals surface area contributed by atoms with E-state index in [-0.39, 0.29) is 22.1 Å². The molecule has 0 aromatic heterocycles. The third-order valence-electron chi connectivity index (χ3n) is 2.93. The maximum Gasteiger partial charge on any atom is 0.262 e. The van der Waals surface area contributed by atoms with Gasteiger partial charge in [0.15, 0.2) is 0 Å². The van der Waals surface area contributed by atoms with Crippen molar-refractivity contribution in [1.82, 2.24) is 0 Å². The zero-order valence-electron chi connectivity index (χ0n) is 12.6. The van der Waals surface area contributed by atoms with Crippen LogP contribution in [0.1, 0.15) is 5.56 Å². The maximum atomic E-state index is 12.8. The minimum Gasteiger partial charge on any atom is -0.323 e. The Morgan fingerprint density at radius 1 is 1.04 bits per heavy atom. The van der Waals surface area contributed by atoms with E-state index in [4.69, 9.17) is 0 Å². The molecule has 0 aliphatic carbocycles. The lowest BCUT2D eigenvalue weighted by Crippen LogP contribution is -2.10. The van der Waals surface area contributed by atoms with Gasteiger partial charge in [0.1, 0.15) is 5.82 Å². The number of nitrogens with one attached hydrogen (secondary N) is 2. The van der Waals surface area contributed by atoms with Gasteiger partial charge in [0.25, 0.3) is 5.91 Å². The Bertz CT molecular complexity index is 801. The van der Waals surface area contributed by atoms with Crippen LogP contribution >= 0.6 is 15.9 Å². The molecule has 2 amide bonds. The molecule has 0 aliphatic rings. The first-order chi connectivity index (χ1) is 11.4. The normalized spacial score (nSPS) is 10.4. The predicted octanol–water partition coefficient (Wildman–Crippen LogP) is 4.32. The molecule has 24 heavy (non-hydrogen) atoms. The van der Waals surface area contributed by atoms with Gasteiger partial charge in [-0.3, -0.25) is 9.59 Å². The Labute approximate surface area is 147 Å². The first-order valence-electron chi connectivity index (χ1n) is 6.94. The van der Waals surface area contributed by atoms with E-state index in [0.29, 0.717) is 11.4 Å². The van der Waals surface area contributed by atoms with Gasteiger partial charge in [0.2, 0.25) is 5.91 Å². The number of rotatable bonds is 5. The van der Waals surface area contributed by atoms with Crippen LogP contribution < -0.4 is 10.6 Å². The third kappa shape index (κ3) is 5.48. The van der Waals surface area contributed by atoms with E-state index in [1.807, 2.05) is 0 Å². The van der Waals surface area contributed by atoms with Crippen molar-refractivity contribution in [3.8, 4) is 0 Å². The first kappa shape index (κ1) is 17.6. The van der Waals surface area contributed by atoms with Gasteiger partial charge in [0, 0.05) is 17.5 Å². The molecule has 0 fully saturated rings. The molecule has 0 spiro atoms. The summed E-state index contributed by atoms with van der Waals surface area (Å²) >= 11 is 3.00. The first-order valence-corrected chi connectivity index (χ1v) is 7.74. The van der Waals surface area contributed by atoms with E-state index in [9.17, 15) is 14.0 Å². The molecule has 2 rings (SSSR count). The molecule has 0 saturated heterocycles. The van der Waals surface area contributed by atoms with Crippen LogP contribution in [0.25, 0.3) is 6.08 Å². The van der Waals surface area contributed by atoms with Crippen molar-refractivity contribution in [2.24, 2.45) is 0 Å². The van der Waals surface area contributed by atoms with Gasteiger partial charge in [-0.25, -0.2) is 4.39 Å². The quantitative estimate of drug-likeness (QED) is 0.749. The van der Waals surface area contributed by atoms with Gasteiger partial charge in [-0.1, -0.05) is 18.7 Å². The van der Waals surface area contributed by atoms with Crippen molar-refractivity contribution in [3.05, 3.63) is 77.0 Å². The van der Waals surface area contributed by atoms with Crippen molar-refractivity contribution < 1.29 is 14.0 Å². The molecule has 6 heteroatoms. The highest BCUT2D eigenvalue weighted by Crippen LogP contribution is 2.14. The SMILES string of the molecule is C=C(Br)C(=O)Nc1cccc(/C=C/C(=O)Nc2ccc(F)cc2)c1. The van der Waals surface area contributed by atoms with E-state index < -0.39 is 0 Å². The molecule has 0 bridgehead atoms. The fourth-order valence-electron chi connectivity index (χ4n) is 1.81. The second-order valence-corrected chi connectivity index (χ2v) is 5.77. The Morgan fingerprint density at radius 3 is 2.42 bits per heavy atom. The van der Waals surface area contributed by atoms with E-state index in [1.54, 1.807) is 30.3 Å². The van der Waals surface area contributed by atoms with Crippen LogP contribution in [0.3, 0.4) is 0 Å². The van der Waals surface area contributed by atoms with Crippen LogP contribution in [0.4, 0.5) is 15.8 Å². The Kier molecular flexibility index (Phi) is 6.03. The van der Waals surface area contributed by atoms with Crippen LogP contribution in [-0.4, -0.2) is 11.8 Å². The smallest absolute Gasteiger partial charge is 0.262 e. The Balaban J connectivity index is 2.00. The predicted molar refractivity (Wildman–Crippen MR) is 97.2 cm³/mol. The molecule has 0 saturated carbocycles. The monoisotopic (exact) mass is 388 g/mol. The summed E-state index contributed by atoms with van der Waals surface area (Å²) in [7, 11) is 0. The van der Waals surface area contributed by atoms with Crippen LogP contribution in [0.15, 0.2) is 65.7 Å². The van der Waals surface area contributed by atoms with Crippen LogP contribution in [0.5, 0.6) is 0 Å². The van der Waals surface area contributed by atoms with E-state index in [2.05, 4.69) is 33.1 Å². The number of carbonyl (C=O) groups is 2. The van der Waals surface area contributed by atoms with Crippen molar-refractivity contribution in [3.63, 3.8) is 0 Å². The lowest BCUT2D eigenvalue weighted by molar-refractivity contribution is -0.112. The number of benzene rings is 2. The standard InChI is InChI=1S/C18H14BrFN2O2/c1-12(19)18(24)22-16-4-2-3-13(11-16)5-10-17(23)21-15-8-6-14(20)7-9-15/h2-11H,1H2,(H,21,23)(H,22,24)/b10-5+. The van der Waals surface area contributed by atoms with Crippen molar-refractivity contribution >= 4 is 45.2 Å². The second-order valence-electron chi connectivity index (χ2n) is 4.81. The summed E-state index contributed by atoms with van der Waals surface area (Å²) in [6.07, 6.45) is 2.96. The number of halogens is 2. The highest BCUT2D eigenvalue weighted by atomic mass is 79.9. The summed E-state index contributed by atoms with van der Waals surface area (Å²) in [5, 5.41) is 5.28. The van der Waals surface area contributed by atoms with Crippen LogP contribution in [0.2, 0.25) is 0 Å². The van der Waals surface area contributed by atoms with Gasteiger partial charge in [-0.05, 0) is 64.0 Å². The van der Waals surface area contributed by atoms with E-state index >= 15 is 0 Å². The van der Waals surface area contributed by atoms with Gasteiger partial charge in [-0.2, -0.15) is 0 Å².